The lowest BCUT2D eigenvalue weighted by molar-refractivity contribution is 0.0519. The van der Waals surface area contributed by atoms with Crippen molar-refractivity contribution in [2.45, 2.75) is 6.92 Å². The fourth-order valence-electron chi connectivity index (χ4n) is 2.13. The van der Waals surface area contributed by atoms with Gasteiger partial charge in [0.25, 0.3) is 0 Å². The highest BCUT2D eigenvalue weighted by Crippen LogP contribution is 2.13. The Hall–Kier alpha value is -3.26. The van der Waals surface area contributed by atoms with Crippen molar-refractivity contribution >= 4 is 17.0 Å². The summed E-state index contributed by atoms with van der Waals surface area (Å²) in [6.07, 6.45) is 0. The van der Waals surface area contributed by atoms with Crippen molar-refractivity contribution in [3.63, 3.8) is 0 Å². The number of hydrogen-bond acceptors (Lipinski definition) is 4. The molecule has 0 aliphatic heterocycles. The molecule has 118 valence electrons. The van der Waals surface area contributed by atoms with Gasteiger partial charge in [0.1, 0.15) is 11.5 Å². The number of hydrogen-bond donors (Lipinski definition) is 0. The van der Waals surface area contributed by atoms with Crippen LogP contribution in [0.25, 0.3) is 11.0 Å². The Labute approximate surface area is 138 Å². The Morgan fingerprint density at radius 2 is 1.83 bits per heavy atom. The van der Waals surface area contributed by atoms with Gasteiger partial charge >= 0.3 is 5.97 Å². The molecule has 0 atom stereocenters. The van der Waals surface area contributed by atoms with Gasteiger partial charge in [0.2, 0.25) is 0 Å². The Morgan fingerprint density at radius 3 is 2.54 bits per heavy atom. The molecule has 0 aliphatic rings. The molecule has 0 saturated heterocycles. The smallest absolute Gasteiger partial charge is 0.359 e. The Kier molecular flexibility index (Phi) is 4.48. The van der Waals surface area contributed by atoms with Crippen molar-refractivity contribution in [2.75, 3.05) is 6.61 Å². The van der Waals surface area contributed by atoms with E-state index < -0.39 is 5.97 Å². The number of esters is 1. The summed E-state index contributed by atoms with van der Waals surface area (Å²) in [7, 11) is 0. The van der Waals surface area contributed by atoms with Gasteiger partial charge < -0.3 is 4.74 Å². The summed E-state index contributed by atoms with van der Waals surface area (Å²) in [4.78, 5) is 20.8. The summed E-state index contributed by atoms with van der Waals surface area (Å²) in [5, 5.41) is 0. The summed E-state index contributed by atoms with van der Waals surface area (Å²) < 4.78 is 18.3. The molecule has 0 bridgehead atoms. The first kappa shape index (κ1) is 15.6. The van der Waals surface area contributed by atoms with E-state index in [4.69, 9.17) is 4.74 Å². The van der Waals surface area contributed by atoms with Gasteiger partial charge in [-0.3, -0.25) is 0 Å². The molecule has 4 nitrogen and oxygen atoms in total. The van der Waals surface area contributed by atoms with Crippen LogP contribution in [0.15, 0.2) is 48.5 Å². The Morgan fingerprint density at radius 1 is 1.08 bits per heavy atom. The maximum Gasteiger partial charge on any atom is 0.359 e. The number of halogens is 1. The van der Waals surface area contributed by atoms with Gasteiger partial charge in [-0.1, -0.05) is 24.1 Å². The first-order chi connectivity index (χ1) is 11.7. The van der Waals surface area contributed by atoms with Crippen molar-refractivity contribution in [3.05, 3.63) is 71.3 Å². The van der Waals surface area contributed by atoms with E-state index in [0.29, 0.717) is 16.6 Å². The lowest BCUT2D eigenvalue weighted by Gasteiger charge is -2.05. The summed E-state index contributed by atoms with van der Waals surface area (Å²) in [5.74, 6) is 4.64. The van der Waals surface area contributed by atoms with Gasteiger partial charge in [-0.05, 0) is 43.2 Å². The molecule has 0 fully saturated rings. The van der Waals surface area contributed by atoms with E-state index in [1.165, 1.54) is 12.1 Å². The third-order valence-electron chi connectivity index (χ3n) is 3.19. The van der Waals surface area contributed by atoms with E-state index in [9.17, 15) is 9.18 Å². The zero-order valence-electron chi connectivity index (χ0n) is 12.9. The number of nitrogens with zero attached hydrogens (tertiary/aromatic N) is 2. The number of rotatable bonds is 2. The van der Waals surface area contributed by atoms with Crippen molar-refractivity contribution in [1.29, 1.82) is 0 Å². The second kappa shape index (κ2) is 6.88. The van der Waals surface area contributed by atoms with E-state index in [2.05, 4.69) is 21.8 Å². The zero-order valence-corrected chi connectivity index (χ0v) is 12.9. The molecule has 0 amide bonds. The fraction of sp³-hybridized carbons (Fsp3) is 0.105. The predicted molar refractivity (Wildman–Crippen MR) is 87.9 cm³/mol. The average Bonchev–Trinajstić information content (AvgIpc) is 2.59. The van der Waals surface area contributed by atoms with Crippen LogP contribution in [-0.4, -0.2) is 22.5 Å². The number of ether oxygens (including phenoxy) is 1. The predicted octanol–water partition coefficient (Wildman–Crippen LogP) is 3.35. The number of carbonyl (C=O) groups is 1. The van der Waals surface area contributed by atoms with Crippen molar-refractivity contribution < 1.29 is 13.9 Å². The van der Waals surface area contributed by atoms with Gasteiger partial charge in [-0.15, -0.1) is 0 Å². The summed E-state index contributed by atoms with van der Waals surface area (Å²) in [6.45, 7) is 1.94. The lowest BCUT2D eigenvalue weighted by atomic mass is 10.2. The van der Waals surface area contributed by atoms with Crippen LogP contribution in [0.1, 0.15) is 28.7 Å². The number of carbonyl (C=O) groups excluding carboxylic acids is 1. The normalized spacial score (nSPS) is 10.1. The molecule has 3 aromatic rings. The molecule has 0 saturated carbocycles. The van der Waals surface area contributed by atoms with Crippen LogP contribution in [0.3, 0.4) is 0 Å². The molecule has 0 unspecified atom stereocenters. The summed E-state index contributed by atoms with van der Waals surface area (Å²) in [6, 6.07) is 13.1. The molecular formula is C19H13FN2O2. The minimum atomic E-state index is -0.584. The number of fused-ring (bicyclic) bond motifs is 1. The average molecular weight is 320 g/mol. The number of aromatic nitrogens is 2. The molecule has 5 heteroatoms. The highest BCUT2D eigenvalue weighted by atomic mass is 19.1. The van der Waals surface area contributed by atoms with Crippen LogP contribution >= 0.6 is 0 Å². The van der Waals surface area contributed by atoms with E-state index in [0.717, 1.165) is 0 Å². The molecule has 0 aliphatic carbocycles. The van der Waals surface area contributed by atoms with Crippen LogP contribution in [0.4, 0.5) is 4.39 Å². The van der Waals surface area contributed by atoms with Crippen LogP contribution < -0.4 is 0 Å². The van der Waals surface area contributed by atoms with Gasteiger partial charge in [0.15, 0.2) is 5.69 Å². The van der Waals surface area contributed by atoms with E-state index in [1.54, 1.807) is 31.2 Å². The van der Waals surface area contributed by atoms with Gasteiger partial charge in [0, 0.05) is 5.56 Å². The van der Waals surface area contributed by atoms with Crippen LogP contribution in [-0.2, 0) is 4.74 Å². The maximum atomic E-state index is 13.2. The van der Waals surface area contributed by atoms with Gasteiger partial charge in [0.05, 0.1) is 17.6 Å². The third kappa shape index (κ3) is 3.39. The first-order valence-electron chi connectivity index (χ1n) is 7.39. The molecule has 24 heavy (non-hydrogen) atoms. The molecule has 0 radical (unpaired) electrons. The van der Waals surface area contributed by atoms with E-state index >= 15 is 0 Å². The molecule has 1 heterocycles. The third-order valence-corrected chi connectivity index (χ3v) is 3.19. The van der Waals surface area contributed by atoms with Gasteiger partial charge in [-0.25, -0.2) is 19.2 Å². The molecule has 0 N–H and O–H groups in total. The minimum Gasteiger partial charge on any atom is -0.461 e. The van der Waals surface area contributed by atoms with E-state index in [1.807, 2.05) is 12.1 Å². The second-order valence-electron chi connectivity index (χ2n) is 4.89. The minimum absolute atomic E-state index is 0.0550. The summed E-state index contributed by atoms with van der Waals surface area (Å²) >= 11 is 0. The molecule has 0 spiro atoms. The van der Waals surface area contributed by atoms with Crippen LogP contribution in [0.5, 0.6) is 0 Å². The zero-order chi connectivity index (χ0) is 16.9. The quantitative estimate of drug-likeness (QED) is 0.537. The Bertz CT molecular complexity index is 974. The molecular weight excluding hydrogens is 307 g/mol. The fourth-order valence-corrected chi connectivity index (χ4v) is 2.13. The second-order valence-corrected chi connectivity index (χ2v) is 4.89. The highest BCUT2D eigenvalue weighted by Gasteiger charge is 2.16. The highest BCUT2D eigenvalue weighted by molar-refractivity contribution is 5.92. The number of para-hydroxylation sites is 2. The van der Waals surface area contributed by atoms with Crippen molar-refractivity contribution in [2.24, 2.45) is 0 Å². The topological polar surface area (TPSA) is 52.1 Å². The van der Waals surface area contributed by atoms with Crippen LogP contribution in [0.2, 0.25) is 0 Å². The Balaban J connectivity index is 2.11. The number of benzene rings is 2. The lowest BCUT2D eigenvalue weighted by Crippen LogP contribution is -2.11. The van der Waals surface area contributed by atoms with Crippen molar-refractivity contribution in [1.82, 2.24) is 9.97 Å². The first-order valence-corrected chi connectivity index (χ1v) is 7.39. The standard InChI is InChI=1S/C19H13FN2O2/c1-2-24-19(23)18-17(11-10-13-6-5-7-14(20)12-13)21-15-8-3-4-9-16(15)22-18/h3-9,12H,2H2,1H3. The van der Waals surface area contributed by atoms with Crippen LogP contribution in [0, 0.1) is 17.7 Å². The maximum absolute atomic E-state index is 13.2. The molecule has 1 aromatic heterocycles. The largest absolute Gasteiger partial charge is 0.461 e. The summed E-state index contributed by atoms with van der Waals surface area (Å²) in [5.41, 5.74) is 1.95. The molecule has 3 rings (SSSR count). The SMILES string of the molecule is CCOC(=O)c1nc2ccccc2nc1C#Cc1cccc(F)c1. The van der Waals surface area contributed by atoms with E-state index in [-0.39, 0.29) is 23.8 Å². The van der Waals surface area contributed by atoms with Gasteiger partial charge in [-0.2, -0.15) is 0 Å². The monoisotopic (exact) mass is 320 g/mol. The molecule has 2 aromatic carbocycles. The van der Waals surface area contributed by atoms with Crippen molar-refractivity contribution in [3.8, 4) is 11.8 Å².